The van der Waals surface area contributed by atoms with Crippen molar-refractivity contribution < 1.29 is 4.74 Å². The normalized spacial score (nSPS) is 28.5. The van der Waals surface area contributed by atoms with E-state index in [0.29, 0.717) is 0 Å². The number of benzene rings is 1. The molecule has 2 saturated carbocycles. The van der Waals surface area contributed by atoms with Crippen molar-refractivity contribution in [3.63, 3.8) is 0 Å². The summed E-state index contributed by atoms with van der Waals surface area (Å²) >= 11 is 0. The minimum atomic E-state index is 0.717. The summed E-state index contributed by atoms with van der Waals surface area (Å²) in [5, 5.41) is 0. The van der Waals surface area contributed by atoms with Gasteiger partial charge in [0.05, 0.1) is 13.2 Å². The van der Waals surface area contributed by atoms with Gasteiger partial charge in [-0.25, -0.2) is 0 Å². The zero-order valence-corrected chi connectivity index (χ0v) is 18.0. The van der Waals surface area contributed by atoms with Gasteiger partial charge in [0.25, 0.3) is 0 Å². The SMILES string of the molecule is C=CC[C@H]1CC[C@H]([C@H]2CC[C@H](c3ccc(COCC=CCC)cc3)CC2)CC1. The molecule has 0 aromatic heterocycles. The van der Waals surface area contributed by atoms with Crippen molar-refractivity contribution >= 4 is 0 Å². The van der Waals surface area contributed by atoms with Crippen LogP contribution in [0.4, 0.5) is 0 Å². The van der Waals surface area contributed by atoms with E-state index in [0.717, 1.165) is 43.3 Å². The summed E-state index contributed by atoms with van der Waals surface area (Å²) in [5.41, 5.74) is 2.83. The summed E-state index contributed by atoms with van der Waals surface area (Å²) in [6.07, 6.45) is 20.2. The zero-order chi connectivity index (χ0) is 19.6. The molecule has 1 nitrogen and oxygen atoms in total. The zero-order valence-electron chi connectivity index (χ0n) is 18.0. The average Bonchev–Trinajstić information content (AvgIpc) is 2.75. The molecule has 1 heteroatoms. The second-order valence-electron chi connectivity index (χ2n) is 9.05. The molecule has 0 unspecified atom stereocenters. The highest BCUT2D eigenvalue weighted by molar-refractivity contribution is 5.25. The Balaban J connectivity index is 1.40. The Hall–Kier alpha value is -1.34. The summed E-state index contributed by atoms with van der Waals surface area (Å²) in [5.74, 6) is 3.69. The third-order valence-corrected chi connectivity index (χ3v) is 7.17. The van der Waals surface area contributed by atoms with Crippen molar-refractivity contribution in [1.82, 2.24) is 0 Å². The molecule has 0 spiro atoms. The maximum Gasteiger partial charge on any atom is 0.0721 e. The van der Waals surface area contributed by atoms with Crippen LogP contribution in [0.1, 0.15) is 88.2 Å². The van der Waals surface area contributed by atoms with Crippen molar-refractivity contribution in [3.8, 4) is 0 Å². The second-order valence-corrected chi connectivity index (χ2v) is 9.05. The topological polar surface area (TPSA) is 9.23 Å². The Morgan fingerprint density at radius 1 is 0.893 bits per heavy atom. The first-order valence-electron chi connectivity index (χ1n) is 11.7. The molecule has 154 valence electrons. The molecular formula is C27H40O. The molecule has 0 N–H and O–H groups in total. The Kier molecular flexibility index (Phi) is 8.86. The molecule has 1 aromatic rings. The molecule has 2 aliphatic carbocycles. The molecule has 0 aliphatic heterocycles. The van der Waals surface area contributed by atoms with Crippen LogP contribution < -0.4 is 0 Å². The average molecular weight is 381 g/mol. The Bertz CT molecular complexity index is 583. The summed E-state index contributed by atoms with van der Waals surface area (Å²) in [4.78, 5) is 0. The van der Waals surface area contributed by atoms with Gasteiger partial charge in [0, 0.05) is 0 Å². The molecule has 1 aromatic carbocycles. The smallest absolute Gasteiger partial charge is 0.0721 e. The van der Waals surface area contributed by atoms with Gasteiger partial charge in [0.1, 0.15) is 0 Å². The van der Waals surface area contributed by atoms with Gasteiger partial charge >= 0.3 is 0 Å². The monoisotopic (exact) mass is 380 g/mol. The van der Waals surface area contributed by atoms with E-state index in [-0.39, 0.29) is 0 Å². The fourth-order valence-electron chi connectivity index (χ4n) is 5.42. The van der Waals surface area contributed by atoms with Crippen molar-refractivity contribution in [3.05, 3.63) is 60.2 Å². The molecule has 3 rings (SSSR count). The lowest BCUT2D eigenvalue weighted by Gasteiger charge is -2.38. The first-order chi connectivity index (χ1) is 13.8. The molecule has 0 heterocycles. The second kappa shape index (κ2) is 11.6. The lowest BCUT2D eigenvalue weighted by atomic mass is 9.68. The number of hydrogen-bond donors (Lipinski definition) is 0. The Morgan fingerprint density at radius 3 is 2.14 bits per heavy atom. The van der Waals surface area contributed by atoms with Crippen LogP contribution in [0, 0.1) is 17.8 Å². The standard InChI is InChI=1S/C27H40O/c1-3-5-6-20-28-21-23-10-14-25(15-11-23)27-18-16-26(17-19-27)24-12-8-22(7-4-2)9-13-24/h4-6,10-11,14-15,22,24,26-27H,2-3,7-9,12-13,16-21H2,1H3/t22-,24-,26-,27-. The fraction of sp³-hybridized carbons (Fsp3) is 0.630. The van der Waals surface area contributed by atoms with E-state index in [1.54, 1.807) is 5.56 Å². The maximum atomic E-state index is 5.72. The molecule has 2 fully saturated rings. The van der Waals surface area contributed by atoms with Gasteiger partial charge in [0.15, 0.2) is 0 Å². The van der Waals surface area contributed by atoms with Crippen molar-refractivity contribution in [2.24, 2.45) is 17.8 Å². The highest BCUT2D eigenvalue weighted by Gasteiger charge is 2.30. The van der Waals surface area contributed by atoms with E-state index in [9.17, 15) is 0 Å². The van der Waals surface area contributed by atoms with Crippen LogP contribution in [0.25, 0.3) is 0 Å². The van der Waals surface area contributed by atoms with Crippen LogP contribution in [0.15, 0.2) is 49.1 Å². The van der Waals surface area contributed by atoms with Gasteiger partial charge < -0.3 is 4.74 Å². The van der Waals surface area contributed by atoms with E-state index < -0.39 is 0 Å². The van der Waals surface area contributed by atoms with E-state index in [1.807, 2.05) is 0 Å². The molecular weight excluding hydrogens is 340 g/mol. The van der Waals surface area contributed by atoms with Gasteiger partial charge in [0.2, 0.25) is 0 Å². The van der Waals surface area contributed by atoms with E-state index in [4.69, 9.17) is 4.74 Å². The molecule has 0 amide bonds. The molecule has 0 bridgehead atoms. The summed E-state index contributed by atoms with van der Waals surface area (Å²) in [7, 11) is 0. The van der Waals surface area contributed by atoms with Gasteiger partial charge in [-0.15, -0.1) is 6.58 Å². The fourth-order valence-corrected chi connectivity index (χ4v) is 5.42. The minimum Gasteiger partial charge on any atom is -0.373 e. The highest BCUT2D eigenvalue weighted by atomic mass is 16.5. The first kappa shape index (κ1) is 21.4. The quantitative estimate of drug-likeness (QED) is 0.313. The van der Waals surface area contributed by atoms with Crippen LogP contribution in [0.2, 0.25) is 0 Å². The Labute approximate surface area is 173 Å². The Morgan fingerprint density at radius 2 is 1.54 bits per heavy atom. The number of rotatable bonds is 9. The van der Waals surface area contributed by atoms with Crippen molar-refractivity contribution in [2.45, 2.75) is 83.7 Å². The molecule has 0 radical (unpaired) electrons. The van der Waals surface area contributed by atoms with Crippen LogP contribution in [-0.2, 0) is 11.3 Å². The van der Waals surface area contributed by atoms with Gasteiger partial charge in [-0.1, -0.05) is 49.4 Å². The van der Waals surface area contributed by atoms with Gasteiger partial charge in [-0.05, 0) is 99.0 Å². The summed E-state index contributed by atoms with van der Waals surface area (Å²) in [6.45, 7) is 7.51. The molecule has 2 aliphatic rings. The predicted molar refractivity (Wildman–Crippen MR) is 120 cm³/mol. The number of ether oxygens (including phenoxy) is 1. The summed E-state index contributed by atoms with van der Waals surface area (Å²) in [6, 6.07) is 9.25. The van der Waals surface area contributed by atoms with Crippen LogP contribution in [0.3, 0.4) is 0 Å². The minimum absolute atomic E-state index is 0.717. The lowest BCUT2D eigenvalue weighted by molar-refractivity contribution is 0.148. The molecule has 0 saturated heterocycles. The number of allylic oxidation sites excluding steroid dienone is 2. The molecule has 28 heavy (non-hydrogen) atoms. The largest absolute Gasteiger partial charge is 0.373 e. The van der Waals surface area contributed by atoms with Crippen LogP contribution >= 0.6 is 0 Å². The first-order valence-corrected chi connectivity index (χ1v) is 11.7. The van der Waals surface area contributed by atoms with Crippen molar-refractivity contribution in [1.29, 1.82) is 0 Å². The van der Waals surface area contributed by atoms with E-state index in [2.05, 4.69) is 56.0 Å². The highest BCUT2D eigenvalue weighted by Crippen LogP contribution is 2.44. The van der Waals surface area contributed by atoms with E-state index in [1.165, 1.54) is 63.4 Å². The lowest BCUT2D eigenvalue weighted by Crippen LogP contribution is -2.25. The maximum absolute atomic E-state index is 5.72. The van der Waals surface area contributed by atoms with Gasteiger partial charge in [-0.2, -0.15) is 0 Å². The third kappa shape index (κ3) is 6.34. The van der Waals surface area contributed by atoms with Crippen LogP contribution in [-0.4, -0.2) is 6.61 Å². The molecule has 0 atom stereocenters. The van der Waals surface area contributed by atoms with E-state index >= 15 is 0 Å². The van der Waals surface area contributed by atoms with Gasteiger partial charge in [-0.3, -0.25) is 0 Å². The predicted octanol–water partition coefficient (Wildman–Crippen LogP) is 7.83. The third-order valence-electron chi connectivity index (χ3n) is 7.17. The number of hydrogen-bond acceptors (Lipinski definition) is 1. The van der Waals surface area contributed by atoms with Crippen molar-refractivity contribution in [2.75, 3.05) is 6.61 Å². The summed E-state index contributed by atoms with van der Waals surface area (Å²) < 4.78 is 5.72. The van der Waals surface area contributed by atoms with Crippen LogP contribution in [0.5, 0.6) is 0 Å².